The molecule has 24 heavy (non-hydrogen) atoms. The maximum atomic E-state index is 8.57. The first-order chi connectivity index (χ1) is 11.7. The van der Waals surface area contributed by atoms with Crippen LogP contribution >= 0.6 is 15.9 Å². The molecule has 2 aromatic heterocycles. The molecule has 0 bridgehead atoms. The third kappa shape index (κ3) is 2.83. The molecular weight excluding hydrogens is 366 g/mol. The molecule has 3 aromatic rings. The smallest absolute Gasteiger partial charge is 0.0924 e. The van der Waals surface area contributed by atoms with Gasteiger partial charge in [0.05, 0.1) is 41.2 Å². The molecule has 0 unspecified atom stereocenters. The average Bonchev–Trinajstić information content (AvgIpc) is 3.02. The highest BCUT2D eigenvalue weighted by Crippen LogP contribution is 2.38. The summed E-state index contributed by atoms with van der Waals surface area (Å²) in [5.41, 5.74) is 3.54. The van der Waals surface area contributed by atoms with Gasteiger partial charge < -0.3 is 0 Å². The van der Waals surface area contributed by atoms with Gasteiger partial charge in [-0.2, -0.15) is 10.4 Å². The molecule has 6 heteroatoms. The molecule has 1 aliphatic rings. The van der Waals surface area contributed by atoms with Gasteiger partial charge in [-0.3, -0.25) is 9.67 Å². The van der Waals surface area contributed by atoms with Crippen LogP contribution in [0.3, 0.4) is 0 Å². The van der Waals surface area contributed by atoms with Crippen molar-refractivity contribution < 1.29 is 0 Å². The van der Waals surface area contributed by atoms with E-state index in [0.717, 1.165) is 39.6 Å². The summed E-state index contributed by atoms with van der Waals surface area (Å²) in [4.78, 5) is 9.16. The molecule has 0 spiro atoms. The van der Waals surface area contributed by atoms with Gasteiger partial charge in [0.1, 0.15) is 0 Å². The number of nitriles is 1. The molecule has 1 aromatic carbocycles. The van der Waals surface area contributed by atoms with E-state index in [-0.39, 0.29) is 0 Å². The van der Waals surface area contributed by atoms with Crippen LogP contribution in [0.5, 0.6) is 0 Å². The van der Waals surface area contributed by atoms with Crippen molar-refractivity contribution in [3.63, 3.8) is 0 Å². The fourth-order valence-electron chi connectivity index (χ4n) is 2.98. The van der Waals surface area contributed by atoms with Crippen molar-refractivity contribution in [2.45, 2.75) is 18.9 Å². The molecule has 2 heterocycles. The van der Waals surface area contributed by atoms with Crippen LogP contribution in [0.4, 0.5) is 0 Å². The Morgan fingerprint density at radius 1 is 1.25 bits per heavy atom. The molecule has 0 saturated heterocycles. The molecule has 0 aliphatic heterocycles. The maximum Gasteiger partial charge on any atom is 0.0924 e. The summed E-state index contributed by atoms with van der Waals surface area (Å²) in [5, 5.41) is 13.0. The number of nitrogens with zero attached hydrogens (tertiary/aromatic N) is 5. The van der Waals surface area contributed by atoms with E-state index < -0.39 is 0 Å². The summed E-state index contributed by atoms with van der Waals surface area (Å²) < 4.78 is 2.99. The van der Waals surface area contributed by atoms with Crippen molar-refractivity contribution in [3.05, 3.63) is 53.4 Å². The third-order valence-electron chi connectivity index (χ3n) is 4.37. The summed E-state index contributed by atoms with van der Waals surface area (Å²) in [7, 11) is 0. The summed E-state index contributed by atoms with van der Waals surface area (Å²) in [6.45, 7) is 0. The Labute approximate surface area is 147 Å². The predicted octanol–water partition coefficient (Wildman–Crippen LogP) is 4.29. The van der Waals surface area contributed by atoms with Gasteiger partial charge in [-0.25, -0.2) is 4.98 Å². The highest BCUT2D eigenvalue weighted by molar-refractivity contribution is 9.10. The fourth-order valence-corrected chi connectivity index (χ4v) is 3.32. The van der Waals surface area contributed by atoms with Crippen LogP contribution in [0, 0.1) is 17.2 Å². The first kappa shape index (κ1) is 15.0. The minimum atomic E-state index is 0.398. The number of aromatic nitrogens is 4. The Balaban J connectivity index is 1.55. The lowest BCUT2D eigenvalue weighted by Gasteiger charge is -2.33. The van der Waals surface area contributed by atoms with Gasteiger partial charge in [-0.15, -0.1) is 0 Å². The van der Waals surface area contributed by atoms with Gasteiger partial charge >= 0.3 is 0 Å². The Morgan fingerprint density at radius 3 is 2.96 bits per heavy atom. The van der Waals surface area contributed by atoms with E-state index in [1.807, 2.05) is 47.4 Å². The summed E-state index contributed by atoms with van der Waals surface area (Å²) in [6, 6.07) is 8.32. The highest BCUT2D eigenvalue weighted by Gasteiger charge is 2.29. The molecule has 118 valence electrons. The van der Waals surface area contributed by atoms with E-state index in [1.165, 1.54) is 0 Å². The first-order valence-electron chi connectivity index (χ1n) is 7.76. The number of hydrogen-bond donors (Lipinski definition) is 0. The Hall–Kier alpha value is -2.52. The molecule has 0 amide bonds. The molecule has 0 radical (unpaired) electrons. The van der Waals surface area contributed by atoms with Gasteiger partial charge in [-0.05, 0) is 37.0 Å². The van der Waals surface area contributed by atoms with E-state index in [0.29, 0.717) is 12.0 Å². The monoisotopic (exact) mass is 379 g/mol. The van der Waals surface area contributed by atoms with Crippen LogP contribution in [-0.4, -0.2) is 19.7 Å². The molecule has 1 fully saturated rings. The second kappa shape index (κ2) is 6.17. The number of fused-ring (bicyclic) bond motifs is 1. The number of benzene rings is 1. The van der Waals surface area contributed by atoms with Gasteiger partial charge in [0, 0.05) is 22.3 Å². The Morgan fingerprint density at radius 2 is 2.12 bits per heavy atom. The normalized spacial score (nSPS) is 20.2. The molecule has 4 rings (SSSR count). The summed E-state index contributed by atoms with van der Waals surface area (Å²) in [5.74, 6) is 0.486. The molecule has 1 saturated carbocycles. The predicted molar refractivity (Wildman–Crippen MR) is 95.0 cm³/mol. The van der Waals surface area contributed by atoms with Gasteiger partial charge in [0.2, 0.25) is 0 Å². The Kier molecular flexibility index (Phi) is 3.87. The SMILES string of the molecule is N#CC=C[C@H]1C[C@H](n2cc(-c3cnc4ccc(Br)cc4n3)cn2)C1. The maximum absolute atomic E-state index is 8.57. The van der Waals surface area contributed by atoms with Gasteiger partial charge in [0.15, 0.2) is 0 Å². The van der Waals surface area contributed by atoms with E-state index in [2.05, 4.69) is 31.0 Å². The number of halogens is 1. The second-order valence-electron chi connectivity index (χ2n) is 5.97. The highest BCUT2D eigenvalue weighted by atomic mass is 79.9. The minimum Gasteiger partial charge on any atom is -0.269 e. The zero-order chi connectivity index (χ0) is 16.5. The van der Waals surface area contributed by atoms with Crippen LogP contribution in [0.2, 0.25) is 0 Å². The van der Waals surface area contributed by atoms with Crippen LogP contribution in [0.25, 0.3) is 22.3 Å². The average molecular weight is 380 g/mol. The third-order valence-corrected chi connectivity index (χ3v) is 4.86. The summed E-state index contributed by atoms with van der Waals surface area (Å²) >= 11 is 3.47. The van der Waals surface area contributed by atoms with Crippen molar-refractivity contribution in [1.29, 1.82) is 5.26 Å². The lowest BCUT2D eigenvalue weighted by molar-refractivity contribution is 0.224. The van der Waals surface area contributed by atoms with Crippen molar-refractivity contribution in [2.24, 2.45) is 5.92 Å². The van der Waals surface area contributed by atoms with Crippen LogP contribution in [-0.2, 0) is 0 Å². The van der Waals surface area contributed by atoms with Crippen LogP contribution in [0.15, 0.2) is 53.4 Å². The Bertz CT molecular complexity index is 963. The van der Waals surface area contributed by atoms with Crippen molar-refractivity contribution in [3.8, 4) is 17.3 Å². The fraction of sp³-hybridized carbons (Fsp3) is 0.222. The molecule has 5 nitrogen and oxygen atoms in total. The van der Waals surface area contributed by atoms with E-state index in [1.54, 1.807) is 12.3 Å². The van der Waals surface area contributed by atoms with Gasteiger partial charge in [0.25, 0.3) is 0 Å². The van der Waals surface area contributed by atoms with E-state index in [9.17, 15) is 0 Å². The van der Waals surface area contributed by atoms with Crippen molar-refractivity contribution in [2.75, 3.05) is 0 Å². The van der Waals surface area contributed by atoms with Crippen LogP contribution < -0.4 is 0 Å². The zero-order valence-electron chi connectivity index (χ0n) is 12.8. The lowest BCUT2D eigenvalue weighted by atomic mass is 9.80. The largest absolute Gasteiger partial charge is 0.269 e. The summed E-state index contributed by atoms with van der Waals surface area (Å²) in [6.07, 6.45) is 11.3. The first-order valence-corrected chi connectivity index (χ1v) is 8.55. The van der Waals surface area contributed by atoms with Gasteiger partial charge in [-0.1, -0.05) is 22.0 Å². The molecule has 0 atom stereocenters. The lowest BCUT2D eigenvalue weighted by Crippen LogP contribution is -2.25. The quantitative estimate of drug-likeness (QED) is 0.636. The second-order valence-corrected chi connectivity index (χ2v) is 6.89. The molecule has 0 N–H and O–H groups in total. The molecular formula is C18H14BrN5. The standard InChI is InChI=1S/C18H14BrN5/c19-14-3-4-16-17(8-14)23-18(10-21-16)13-9-22-24(11-13)15-6-12(7-15)2-1-5-20/h1-4,8-12,15H,6-7H2/t12-,15-. The van der Waals surface area contributed by atoms with Crippen molar-refractivity contribution in [1.82, 2.24) is 19.7 Å². The van der Waals surface area contributed by atoms with Crippen molar-refractivity contribution >= 4 is 27.0 Å². The van der Waals surface area contributed by atoms with E-state index in [4.69, 9.17) is 5.26 Å². The number of rotatable bonds is 3. The minimum absolute atomic E-state index is 0.398. The zero-order valence-corrected chi connectivity index (χ0v) is 14.4. The van der Waals surface area contributed by atoms with Crippen LogP contribution in [0.1, 0.15) is 18.9 Å². The topological polar surface area (TPSA) is 67.4 Å². The molecule has 1 aliphatic carbocycles. The number of allylic oxidation sites excluding steroid dienone is 2. The van der Waals surface area contributed by atoms with E-state index >= 15 is 0 Å². The number of hydrogen-bond acceptors (Lipinski definition) is 4.